The minimum atomic E-state index is -3.44. The van der Waals surface area contributed by atoms with Gasteiger partial charge in [-0.25, -0.2) is 0 Å². The summed E-state index contributed by atoms with van der Waals surface area (Å²) in [5.74, 6) is 0.216. The molecule has 0 unspecified atom stereocenters. The summed E-state index contributed by atoms with van der Waals surface area (Å²) in [7, 11) is -1.93. The highest BCUT2D eigenvalue weighted by Gasteiger charge is 2.29. The molecule has 7 heteroatoms. The van der Waals surface area contributed by atoms with E-state index in [1.165, 1.54) is 15.7 Å². The van der Waals surface area contributed by atoms with E-state index in [9.17, 15) is 13.2 Å². The molecule has 1 aliphatic heterocycles. The summed E-state index contributed by atoms with van der Waals surface area (Å²) in [6.07, 6.45) is 1.88. The molecule has 112 valence electrons. The van der Waals surface area contributed by atoms with Gasteiger partial charge in [0.1, 0.15) is 0 Å². The summed E-state index contributed by atoms with van der Waals surface area (Å²) in [5, 5.41) is 0. The number of rotatable bonds is 6. The molecule has 1 heterocycles. The van der Waals surface area contributed by atoms with Crippen molar-refractivity contribution in [3.8, 4) is 0 Å². The molecule has 0 atom stereocenters. The normalized spacial score (nSPS) is 18.7. The quantitative estimate of drug-likeness (QED) is 0.681. The second-order valence-corrected chi connectivity index (χ2v) is 7.00. The largest absolute Gasteiger partial charge is 0.466 e. The van der Waals surface area contributed by atoms with Gasteiger partial charge in [-0.1, -0.05) is 6.92 Å². The van der Waals surface area contributed by atoms with Crippen LogP contribution in [0.4, 0.5) is 0 Å². The van der Waals surface area contributed by atoms with Gasteiger partial charge in [0.25, 0.3) is 10.2 Å². The zero-order valence-electron chi connectivity index (χ0n) is 12.0. The Kier molecular flexibility index (Phi) is 6.22. The summed E-state index contributed by atoms with van der Waals surface area (Å²) in [4.78, 5) is 11.2. The van der Waals surface area contributed by atoms with Gasteiger partial charge in [-0.2, -0.15) is 17.0 Å². The van der Waals surface area contributed by atoms with Gasteiger partial charge in [0.2, 0.25) is 0 Å². The van der Waals surface area contributed by atoms with Crippen molar-refractivity contribution in [2.45, 2.75) is 33.1 Å². The topological polar surface area (TPSA) is 66.9 Å². The van der Waals surface area contributed by atoms with Crippen molar-refractivity contribution in [2.24, 2.45) is 5.92 Å². The predicted octanol–water partition coefficient (Wildman–Crippen LogP) is 0.848. The Bertz CT molecular complexity index is 389. The number of nitrogens with zero attached hydrogens (tertiary/aromatic N) is 2. The van der Waals surface area contributed by atoms with E-state index < -0.39 is 10.2 Å². The summed E-state index contributed by atoms with van der Waals surface area (Å²) >= 11 is 0. The maximum Gasteiger partial charge on any atom is 0.307 e. The third-order valence-corrected chi connectivity index (χ3v) is 5.39. The van der Waals surface area contributed by atoms with Crippen LogP contribution in [0.25, 0.3) is 0 Å². The van der Waals surface area contributed by atoms with E-state index in [0.717, 1.165) is 12.8 Å². The molecule has 0 spiro atoms. The lowest BCUT2D eigenvalue weighted by molar-refractivity contribution is -0.143. The van der Waals surface area contributed by atoms with Crippen LogP contribution in [-0.2, 0) is 19.7 Å². The molecule has 1 rings (SSSR count). The lowest BCUT2D eigenvalue weighted by Crippen LogP contribution is -2.46. The number of piperidine rings is 1. The third kappa shape index (κ3) is 4.74. The second kappa shape index (κ2) is 7.21. The van der Waals surface area contributed by atoms with Crippen LogP contribution in [-0.4, -0.2) is 56.3 Å². The summed E-state index contributed by atoms with van der Waals surface area (Å²) in [6, 6.07) is 0. The molecule has 0 radical (unpaired) electrons. The molecule has 1 aliphatic rings. The van der Waals surface area contributed by atoms with Crippen LogP contribution in [0.5, 0.6) is 0 Å². The average Bonchev–Trinajstić information content (AvgIpc) is 2.36. The van der Waals surface area contributed by atoms with Crippen LogP contribution >= 0.6 is 0 Å². The molecule has 1 saturated heterocycles. The Hall–Kier alpha value is -0.660. The van der Waals surface area contributed by atoms with Crippen molar-refractivity contribution in [2.75, 3.05) is 33.3 Å². The van der Waals surface area contributed by atoms with Gasteiger partial charge < -0.3 is 4.74 Å². The fraction of sp³-hybridized carbons (Fsp3) is 0.917. The Morgan fingerprint density at radius 1 is 1.37 bits per heavy atom. The number of ether oxygens (including phenoxy) is 1. The zero-order chi connectivity index (χ0) is 14.5. The first kappa shape index (κ1) is 16.4. The number of hydrogen-bond donors (Lipinski definition) is 0. The summed E-state index contributed by atoms with van der Waals surface area (Å²) < 4.78 is 32.0. The minimum Gasteiger partial charge on any atom is -0.466 e. The van der Waals surface area contributed by atoms with E-state index in [-0.39, 0.29) is 18.9 Å². The van der Waals surface area contributed by atoms with Gasteiger partial charge in [-0.15, -0.1) is 0 Å². The van der Waals surface area contributed by atoms with Crippen molar-refractivity contribution >= 4 is 16.2 Å². The Balaban J connectivity index is 2.49. The van der Waals surface area contributed by atoms with Gasteiger partial charge in [0.05, 0.1) is 13.0 Å². The SMILES string of the molecule is CCOC(=O)CCN(C)S(=O)(=O)N1CCC(C)CC1. The summed E-state index contributed by atoms with van der Waals surface area (Å²) in [6.45, 7) is 5.47. The lowest BCUT2D eigenvalue weighted by atomic mass is 10.0. The first-order valence-electron chi connectivity index (χ1n) is 6.75. The van der Waals surface area contributed by atoms with Crippen LogP contribution in [0, 0.1) is 5.92 Å². The molecule has 1 fully saturated rings. The monoisotopic (exact) mass is 292 g/mol. The highest BCUT2D eigenvalue weighted by molar-refractivity contribution is 7.86. The number of carbonyl (C=O) groups is 1. The van der Waals surface area contributed by atoms with Crippen LogP contribution in [0.1, 0.15) is 33.1 Å². The van der Waals surface area contributed by atoms with E-state index in [1.54, 1.807) is 6.92 Å². The molecule has 0 bridgehead atoms. The molecule has 19 heavy (non-hydrogen) atoms. The van der Waals surface area contributed by atoms with E-state index in [0.29, 0.717) is 25.6 Å². The Morgan fingerprint density at radius 2 is 1.95 bits per heavy atom. The molecule has 0 aromatic rings. The van der Waals surface area contributed by atoms with E-state index in [2.05, 4.69) is 6.92 Å². The standard InChI is InChI=1S/C12H24N2O4S/c1-4-18-12(15)7-8-13(3)19(16,17)14-9-5-11(2)6-10-14/h11H,4-10H2,1-3H3. The Labute approximate surface area is 115 Å². The van der Waals surface area contributed by atoms with Gasteiger partial charge in [-0.3, -0.25) is 4.79 Å². The molecule has 0 amide bonds. The molecular formula is C12H24N2O4S. The van der Waals surface area contributed by atoms with Crippen LogP contribution < -0.4 is 0 Å². The van der Waals surface area contributed by atoms with Crippen molar-refractivity contribution in [1.82, 2.24) is 8.61 Å². The first-order valence-corrected chi connectivity index (χ1v) is 8.14. The van der Waals surface area contributed by atoms with Crippen molar-refractivity contribution in [1.29, 1.82) is 0 Å². The van der Waals surface area contributed by atoms with Crippen LogP contribution in [0.15, 0.2) is 0 Å². The molecular weight excluding hydrogens is 268 g/mol. The maximum atomic E-state index is 12.3. The van der Waals surface area contributed by atoms with E-state index in [1.807, 2.05) is 0 Å². The molecule has 0 aromatic carbocycles. The third-order valence-electron chi connectivity index (χ3n) is 3.40. The minimum absolute atomic E-state index is 0.0911. The highest BCUT2D eigenvalue weighted by Crippen LogP contribution is 2.20. The molecule has 6 nitrogen and oxygen atoms in total. The van der Waals surface area contributed by atoms with Crippen LogP contribution in [0.2, 0.25) is 0 Å². The molecule has 0 aromatic heterocycles. The van der Waals surface area contributed by atoms with E-state index >= 15 is 0 Å². The predicted molar refractivity (Wildman–Crippen MR) is 72.8 cm³/mol. The zero-order valence-corrected chi connectivity index (χ0v) is 12.8. The van der Waals surface area contributed by atoms with Gasteiger partial charge in [0, 0.05) is 26.7 Å². The van der Waals surface area contributed by atoms with Crippen LogP contribution in [0.3, 0.4) is 0 Å². The van der Waals surface area contributed by atoms with Crippen molar-refractivity contribution in [3.05, 3.63) is 0 Å². The first-order chi connectivity index (χ1) is 8.87. The molecule has 0 saturated carbocycles. The fourth-order valence-corrected chi connectivity index (χ4v) is 3.40. The highest BCUT2D eigenvalue weighted by atomic mass is 32.2. The Morgan fingerprint density at radius 3 is 2.47 bits per heavy atom. The van der Waals surface area contributed by atoms with Gasteiger partial charge in [-0.05, 0) is 25.7 Å². The number of hydrogen-bond acceptors (Lipinski definition) is 4. The smallest absolute Gasteiger partial charge is 0.307 e. The fourth-order valence-electron chi connectivity index (χ4n) is 2.01. The lowest BCUT2D eigenvalue weighted by Gasteiger charge is -2.32. The van der Waals surface area contributed by atoms with Crippen molar-refractivity contribution < 1.29 is 17.9 Å². The average molecular weight is 292 g/mol. The van der Waals surface area contributed by atoms with E-state index in [4.69, 9.17) is 4.74 Å². The second-order valence-electron chi connectivity index (χ2n) is 4.97. The number of esters is 1. The van der Waals surface area contributed by atoms with Crippen molar-refractivity contribution in [3.63, 3.8) is 0 Å². The van der Waals surface area contributed by atoms with Gasteiger partial charge >= 0.3 is 5.97 Å². The number of carbonyl (C=O) groups excluding carboxylic acids is 1. The molecule has 0 N–H and O–H groups in total. The molecule has 0 aliphatic carbocycles. The maximum absolute atomic E-state index is 12.3. The summed E-state index contributed by atoms with van der Waals surface area (Å²) in [5.41, 5.74) is 0. The van der Waals surface area contributed by atoms with Gasteiger partial charge in [0.15, 0.2) is 0 Å².